The highest BCUT2D eigenvalue weighted by atomic mass is 19.1. The van der Waals surface area contributed by atoms with Gasteiger partial charge in [0.1, 0.15) is 5.92 Å². The van der Waals surface area contributed by atoms with Gasteiger partial charge in [0.2, 0.25) is 5.91 Å². The van der Waals surface area contributed by atoms with Gasteiger partial charge < -0.3 is 10.1 Å². The summed E-state index contributed by atoms with van der Waals surface area (Å²) in [6.45, 7) is 5.69. The molecule has 4 nitrogen and oxygen atoms in total. The number of ether oxygens (including phenoxy) is 1. The number of rotatable bonds is 5. The van der Waals surface area contributed by atoms with Crippen LogP contribution in [0.4, 0.5) is 10.1 Å². The molecule has 0 radical (unpaired) electrons. The molecule has 1 N–H and O–H groups in total. The van der Waals surface area contributed by atoms with Gasteiger partial charge in [-0.05, 0) is 25.0 Å². The van der Waals surface area contributed by atoms with E-state index in [-0.39, 0.29) is 11.7 Å². The molecule has 0 fully saturated rings. The SMILES string of the molecule is CCOc1ccc(NC(=O)C(C#N)C(C)C)cc1F. The van der Waals surface area contributed by atoms with Crippen LogP contribution in [-0.2, 0) is 4.79 Å². The van der Waals surface area contributed by atoms with E-state index in [1.807, 2.05) is 6.07 Å². The monoisotopic (exact) mass is 264 g/mol. The van der Waals surface area contributed by atoms with E-state index in [0.717, 1.165) is 0 Å². The molecule has 0 aliphatic heterocycles. The Morgan fingerprint density at radius 2 is 2.21 bits per heavy atom. The molecule has 0 spiro atoms. The van der Waals surface area contributed by atoms with Gasteiger partial charge in [-0.3, -0.25) is 4.79 Å². The van der Waals surface area contributed by atoms with E-state index in [4.69, 9.17) is 10.00 Å². The largest absolute Gasteiger partial charge is 0.491 e. The minimum absolute atomic E-state index is 0.0995. The van der Waals surface area contributed by atoms with Gasteiger partial charge in [-0.2, -0.15) is 5.26 Å². The van der Waals surface area contributed by atoms with Crippen LogP contribution in [0.25, 0.3) is 0 Å². The Hall–Kier alpha value is -2.09. The third-order valence-corrected chi connectivity index (χ3v) is 2.59. The zero-order valence-corrected chi connectivity index (χ0v) is 11.2. The molecule has 1 aromatic carbocycles. The topological polar surface area (TPSA) is 62.1 Å². The summed E-state index contributed by atoms with van der Waals surface area (Å²) in [4.78, 5) is 11.8. The number of amides is 1. The standard InChI is InChI=1S/C14H17FN2O2/c1-4-19-13-6-5-10(7-12(13)15)17-14(18)11(8-16)9(2)3/h5-7,9,11H,4H2,1-3H3,(H,17,18). The molecular formula is C14H17FN2O2. The van der Waals surface area contributed by atoms with Gasteiger partial charge in [-0.1, -0.05) is 13.8 Å². The number of benzene rings is 1. The lowest BCUT2D eigenvalue weighted by Crippen LogP contribution is -2.25. The number of nitrogens with one attached hydrogen (secondary N) is 1. The van der Waals surface area contributed by atoms with Crippen molar-refractivity contribution in [1.29, 1.82) is 5.26 Å². The Kier molecular flexibility index (Phi) is 5.31. The molecule has 19 heavy (non-hydrogen) atoms. The minimum atomic E-state index is -0.755. The average Bonchev–Trinajstić information content (AvgIpc) is 2.33. The molecule has 1 aromatic rings. The summed E-state index contributed by atoms with van der Waals surface area (Å²) in [5, 5.41) is 11.4. The van der Waals surface area contributed by atoms with Gasteiger partial charge in [0.05, 0.1) is 12.7 Å². The van der Waals surface area contributed by atoms with Crippen LogP contribution in [0.3, 0.4) is 0 Å². The first-order valence-corrected chi connectivity index (χ1v) is 6.12. The summed E-state index contributed by atoms with van der Waals surface area (Å²) in [5.41, 5.74) is 0.312. The maximum absolute atomic E-state index is 13.6. The number of halogens is 1. The fraction of sp³-hybridized carbons (Fsp3) is 0.429. The van der Waals surface area contributed by atoms with Crippen LogP contribution in [0.1, 0.15) is 20.8 Å². The van der Waals surface area contributed by atoms with E-state index < -0.39 is 17.6 Å². The van der Waals surface area contributed by atoms with Gasteiger partial charge in [-0.25, -0.2) is 4.39 Å². The summed E-state index contributed by atoms with van der Waals surface area (Å²) in [6.07, 6.45) is 0. The third-order valence-electron chi connectivity index (χ3n) is 2.59. The van der Waals surface area contributed by atoms with Crippen LogP contribution < -0.4 is 10.1 Å². The van der Waals surface area contributed by atoms with Gasteiger partial charge in [0.25, 0.3) is 0 Å². The van der Waals surface area contributed by atoms with E-state index >= 15 is 0 Å². The highest BCUT2D eigenvalue weighted by molar-refractivity contribution is 5.94. The van der Waals surface area contributed by atoms with Crippen LogP contribution in [0, 0.1) is 29.0 Å². The predicted octanol–water partition coefficient (Wildman–Crippen LogP) is 2.96. The molecule has 0 aliphatic rings. The molecule has 1 unspecified atom stereocenters. The summed E-state index contributed by atoms with van der Waals surface area (Å²) < 4.78 is 18.7. The first kappa shape index (κ1) is 15.0. The zero-order valence-electron chi connectivity index (χ0n) is 11.2. The fourth-order valence-corrected chi connectivity index (χ4v) is 1.58. The van der Waals surface area contributed by atoms with E-state index in [1.54, 1.807) is 26.8 Å². The van der Waals surface area contributed by atoms with Gasteiger partial charge in [0, 0.05) is 11.8 Å². The first-order valence-electron chi connectivity index (χ1n) is 6.12. The number of anilines is 1. The summed E-state index contributed by atoms with van der Waals surface area (Å²) in [7, 11) is 0. The maximum Gasteiger partial charge on any atom is 0.241 e. The van der Waals surface area contributed by atoms with Gasteiger partial charge in [0.15, 0.2) is 11.6 Å². The normalized spacial score (nSPS) is 11.8. The molecule has 0 aromatic heterocycles. The number of nitriles is 1. The quantitative estimate of drug-likeness (QED) is 0.889. The van der Waals surface area contributed by atoms with Crippen LogP contribution in [0.15, 0.2) is 18.2 Å². The molecule has 0 aliphatic carbocycles. The van der Waals surface area contributed by atoms with Crippen molar-refractivity contribution in [2.75, 3.05) is 11.9 Å². The van der Waals surface area contributed by atoms with Crippen molar-refractivity contribution in [3.05, 3.63) is 24.0 Å². The zero-order chi connectivity index (χ0) is 14.4. The number of carbonyl (C=O) groups is 1. The Balaban J connectivity index is 2.81. The lowest BCUT2D eigenvalue weighted by molar-refractivity contribution is -0.119. The van der Waals surface area contributed by atoms with Crippen LogP contribution >= 0.6 is 0 Å². The number of hydrogen-bond donors (Lipinski definition) is 1. The van der Waals surface area contributed by atoms with E-state index in [2.05, 4.69) is 5.32 Å². The molecular weight excluding hydrogens is 247 g/mol. The Morgan fingerprint density at radius 3 is 2.68 bits per heavy atom. The Bertz CT molecular complexity index is 495. The second kappa shape index (κ2) is 6.74. The molecule has 0 saturated heterocycles. The van der Waals surface area contributed by atoms with Gasteiger partial charge in [-0.15, -0.1) is 0 Å². The summed E-state index contributed by atoms with van der Waals surface area (Å²) in [6, 6.07) is 6.11. The van der Waals surface area contributed by atoms with E-state index in [1.165, 1.54) is 12.1 Å². The molecule has 102 valence electrons. The van der Waals surface area contributed by atoms with Crippen molar-refractivity contribution in [2.24, 2.45) is 11.8 Å². The highest BCUT2D eigenvalue weighted by Crippen LogP contribution is 2.22. The average molecular weight is 264 g/mol. The molecule has 0 saturated carbocycles. The second-order valence-electron chi connectivity index (χ2n) is 4.42. The van der Waals surface area contributed by atoms with Crippen molar-refractivity contribution in [3.63, 3.8) is 0 Å². The first-order chi connectivity index (χ1) is 8.99. The Labute approximate surface area is 112 Å². The maximum atomic E-state index is 13.6. The molecule has 1 amide bonds. The fourth-order valence-electron chi connectivity index (χ4n) is 1.58. The smallest absolute Gasteiger partial charge is 0.241 e. The molecule has 0 heterocycles. The van der Waals surface area contributed by atoms with Crippen molar-refractivity contribution >= 4 is 11.6 Å². The van der Waals surface area contributed by atoms with E-state index in [0.29, 0.717) is 12.3 Å². The molecule has 5 heteroatoms. The number of nitrogens with zero attached hydrogens (tertiary/aromatic N) is 1. The lowest BCUT2D eigenvalue weighted by Gasteiger charge is -2.13. The van der Waals surface area contributed by atoms with Crippen LogP contribution in [0.2, 0.25) is 0 Å². The third kappa shape index (κ3) is 3.95. The highest BCUT2D eigenvalue weighted by Gasteiger charge is 2.21. The minimum Gasteiger partial charge on any atom is -0.491 e. The predicted molar refractivity (Wildman–Crippen MR) is 70.1 cm³/mol. The Morgan fingerprint density at radius 1 is 1.53 bits per heavy atom. The van der Waals surface area contributed by atoms with Gasteiger partial charge >= 0.3 is 0 Å². The number of carbonyl (C=O) groups excluding carboxylic acids is 1. The number of hydrogen-bond acceptors (Lipinski definition) is 3. The molecule has 0 bridgehead atoms. The van der Waals surface area contributed by atoms with E-state index in [9.17, 15) is 9.18 Å². The second-order valence-corrected chi connectivity index (χ2v) is 4.42. The van der Waals surface area contributed by atoms with Crippen molar-refractivity contribution in [3.8, 4) is 11.8 Å². The summed E-state index contributed by atoms with van der Waals surface area (Å²) >= 11 is 0. The van der Waals surface area contributed by atoms with Crippen molar-refractivity contribution in [1.82, 2.24) is 0 Å². The summed E-state index contributed by atoms with van der Waals surface area (Å²) in [5.74, 6) is -1.69. The lowest BCUT2D eigenvalue weighted by atomic mass is 9.96. The van der Waals surface area contributed by atoms with Crippen molar-refractivity contribution in [2.45, 2.75) is 20.8 Å². The molecule has 1 atom stereocenters. The van der Waals surface area contributed by atoms with Crippen LogP contribution in [-0.4, -0.2) is 12.5 Å². The van der Waals surface area contributed by atoms with Crippen LogP contribution in [0.5, 0.6) is 5.75 Å². The van der Waals surface area contributed by atoms with Crippen molar-refractivity contribution < 1.29 is 13.9 Å². The molecule has 1 rings (SSSR count).